The van der Waals surface area contributed by atoms with Gasteiger partial charge in [-0.1, -0.05) is 32.0 Å². The first kappa shape index (κ1) is 19.6. The Balaban J connectivity index is 1.82. The smallest absolute Gasteiger partial charge is 0.174 e. The molecule has 1 aliphatic rings. The van der Waals surface area contributed by atoms with E-state index in [4.69, 9.17) is 12.2 Å². The number of rotatable bonds is 5. The van der Waals surface area contributed by atoms with Crippen LogP contribution in [0.3, 0.4) is 0 Å². The highest BCUT2D eigenvalue weighted by Gasteiger charge is 2.42. The molecule has 3 aromatic rings. The van der Waals surface area contributed by atoms with Gasteiger partial charge in [-0.15, -0.1) is 0 Å². The first-order valence-corrected chi connectivity index (χ1v) is 10.7. The summed E-state index contributed by atoms with van der Waals surface area (Å²) >= 11 is 5.82. The van der Waals surface area contributed by atoms with Crippen molar-refractivity contribution < 1.29 is 0 Å². The van der Waals surface area contributed by atoms with Crippen molar-refractivity contribution in [2.75, 3.05) is 4.90 Å². The average Bonchev–Trinajstić information content (AvgIpc) is 3.33. The van der Waals surface area contributed by atoms with Crippen LogP contribution in [0.5, 0.6) is 0 Å². The Morgan fingerprint density at radius 2 is 1.72 bits per heavy atom. The zero-order valence-corrected chi connectivity index (χ0v) is 18.2. The molecular formula is C24H28N4S. The van der Waals surface area contributed by atoms with Crippen molar-refractivity contribution in [3.63, 3.8) is 0 Å². The molecule has 1 aromatic carbocycles. The Bertz CT molecular complexity index is 976. The van der Waals surface area contributed by atoms with Crippen molar-refractivity contribution in [2.24, 2.45) is 0 Å². The molecule has 0 aliphatic carbocycles. The summed E-state index contributed by atoms with van der Waals surface area (Å²) in [5.41, 5.74) is 4.66. The maximum Gasteiger partial charge on any atom is 0.174 e. The van der Waals surface area contributed by atoms with Crippen LogP contribution in [0.2, 0.25) is 0 Å². The molecule has 3 heterocycles. The van der Waals surface area contributed by atoms with E-state index in [1.54, 1.807) is 0 Å². The van der Waals surface area contributed by atoms with Gasteiger partial charge in [0.05, 0.1) is 11.7 Å². The maximum absolute atomic E-state index is 5.82. The van der Waals surface area contributed by atoms with Crippen LogP contribution in [0.4, 0.5) is 5.69 Å². The van der Waals surface area contributed by atoms with E-state index in [9.17, 15) is 0 Å². The topological polar surface area (TPSA) is 33.1 Å². The summed E-state index contributed by atoms with van der Waals surface area (Å²) in [6, 6.07) is 19.5. The number of hydrogen-bond donors (Lipinski definition) is 1. The quantitative estimate of drug-likeness (QED) is 0.548. The second-order valence-electron chi connectivity index (χ2n) is 8.18. The molecular weight excluding hydrogens is 376 g/mol. The summed E-state index contributed by atoms with van der Waals surface area (Å²) in [7, 11) is 0. The van der Waals surface area contributed by atoms with Crippen LogP contribution in [0.15, 0.2) is 67.0 Å². The minimum atomic E-state index is -0.0131. The van der Waals surface area contributed by atoms with Crippen LogP contribution in [-0.2, 0) is 0 Å². The lowest BCUT2D eigenvalue weighted by Gasteiger charge is -2.30. The summed E-state index contributed by atoms with van der Waals surface area (Å²) in [6.45, 7) is 8.85. The lowest BCUT2D eigenvalue weighted by molar-refractivity contribution is 0.497. The largest absolute Gasteiger partial charge is 0.351 e. The summed E-state index contributed by atoms with van der Waals surface area (Å²) in [5, 5.41) is 4.28. The molecule has 2 aromatic heterocycles. The molecule has 2 atom stereocenters. The van der Waals surface area contributed by atoms with Gasteiger partial charge in [-0.2, -0.15) is 0 Å². The van der Waals surface area contributed by atoms with Gasteiger partial charge >= 0.3 is 0 Å². The number of nitrogens with one attached hydrogen (secondary N) is 1. The van der Waals surface area contributed by atoms with Gasteiger partial charge in [0, 0.05) is 29.8 Å². The van der Waals surface area contributed by atoms with Gasteiger partial charge in [0.2, 0.25) is 0 Å². The molecule has 1 aliphatic heterocycles. The molecule has 0 saturated carbocycles. The van der Waals surface area contributed by atoms with Crippen molar-refractivity contribution in [3.8, 4) is 0 Å². The van der Waals surface area contributed by atoms with E-state index < -0.39 is 0 Å². The van der Waals surface area contributed by atoms with E-state index in [0.29, 0.717) is 12.0 Å². The molecule has 1 fully saturated rings. The summed E-state index contributed by atoms with van der Waals surface area (Å²) in [4.78, 5) is 6.88. The minimum absolute atomic E-state index is 0.0131. The number of aromatic nitrogens is 2. The average molecular weight is 405 g/mol. The first-order chi connectivity index (χ1) is 14.0. The fourth-order valence-electron chi connectivity index (χ4n) is 4.08. The van der Waals surface area contributed by atoms with Gasteiger partial charge in [0.25, 0.3) is 0 Å². The highest BCUT2D eigenvalue weighted by molar-refractivity contribution is 7.80. The van der Waals surface area contributed by atoms with Crippen molar-refractivity contribution >= 4 is 23.0 Å². The monoisotopic (exact) mass is 404 g/mol. The number of hydrogen-bond acceptors (Lipinski definition) is 2. The fourth-order valence-corrected chi connectivity index (χ4v) is 4.43. The van der Waals surface area contributed by atoms with Gasteiger partial charge in [-0.3, -0.25) is 4.98 Å². The molecule has 29 heavy (non-hydrogen) atoms. The molecule has 4 nitrogen and oxygen atoms in total. The third kappa shape index (κ3) is 3.67. The van der Waals surface area contributed by atoms with Crippen LogP contribution < -0.4 is 10.2 Å². The summed E-state index contributed by atoms with van der Waals surface area (Å²) in [5.74, 6) is 0.503. The highest BCUT2D eigenvalue weighted by Crippen LogP contribution is 2.42. The van der Waals surface area contributed by atoms with Gasteiger partial charge in [0.1, 0.15) is 6.04 Å². The molecule has 0 unspecified atom stereocenters. The van der Waals surface area contributed by atoms with Crippen LogP contribution in [0, 0.1) is 0 Å². The number of thiocarbonyl (C=S) groups is 1. The normalized spacial score (nSPS) is 19.2. The third-order valence-corrected chi connectivity index (χ3v) is 5.92. The lowest BCUT2D eigenvalue weighted by atomic mass is 9.99. The van der Waals surface area contributed by atoms with Crippen molar-refractivity contribution in [1.29, 1.82) is 0 Å². The van der Waals surface area contributed by atoms with E-state index in [-0.39, 0.29) is 12.1 Å². The molecule has 4 rings (SSSR count). The Kier molecular flexibility index (Phi) is 5.41. The van der Waals surface area contributed by atoms with Crippen LogP contribution in [0.25, 0.3) is 0 Å². The van der Waals surface area contributed by atoms with Crippen molar-refractivity contribution in [1.82, 2.24) is 14.9 Å². The third-order valence-electron chi connectivity index (χ3n) is 5.61. The Morgan fingerprint density at radius 1 is 0.966 bits per heavy atom. The predicted octanol–water partition coefficient (Wildman–Crippen LogP) is 5.76. The molecule has 0 amide bonds. The molecule has 0 bridgehead atoms. The van der Waals surface area contributed by atoms with E-state index in [1.165, 1.54) is 11.3 Å². The standard InChI is InChI=1S/C24H28N4S/c1-16(2)18-10-12-19(13-11-18)28-23(21-9-7-15-27(21)17(3)4)22(26-24(28)29)20-8-5-6-14-25-20/h5-17,22-23H,1-4H3,(H,26,29)/t22-,23+/m0/s1. The van der Waals surface area contributed by atoms with Gasteiger partial charge in [-0.05, 0) is 73.9 Å². The second-order valence-corrected chi connectivity index (χ2v) is 8.56. The Morgan fingerprint density at radius 3 is 2.34 bits per heavy atom. The first-order valence-electron chi connectivity index (χ1n) is 10.2. The predicted molar refractivity (Wildman–Crippen MR) is 123 cm³/mol. The molecule has 5 heteroatoms. The van der Waals surface area contributed by atoms with Gasteiger partial charge in [-0.25, -0.2) is 0 Å². The van der Waals surface area contributed by atoms with E-state index >= 15 is 0 Å². The van der Waals surface area contributed by atoms with Crippen LogP contribution >= 0.6 is 12.2 Å². The van der Waals surface area contributed by atoms with Crippen LogP contribution in [-0.4, -0.2) is 14.7 Å². The summed E-state index contributed by atoms with van der Waals surface area (Å²) in [6.07, 6.45) is 4.00. The molecule has 1 N–H and O–H groups in total. The number of benzene rings is 1. The lowest BCUT2D eigenvalue weighted by Crippen LogP contribution is -2.30. The fraction of sp³-hybridized carbons (Fsp3) is 0.333. The number of pyridine rings is 1. The molecule has 0 radical (unpaired) electrons. The summed E-state index contributed by atoms with van der Waals surface area (Å²) < 4.78 is 2.33. The Hall–Kier alpha value is -2.66. The van der Waals surface area contributed by atoms with Crippen molar-refractivity contribution in [2.45, 2.75) is 51.7 Å². The van der Waals surface area contributed by atoms with E-state index in [0.717, 1.165) is 16.5 Å². The van der Waals surface area contributed by atoms with Crippen LogP contribution in [0.1, 0.15) is 68.7 Å². The van der Waals surface area contributed by atoms with Gasteiger partial charge in [0.15, 0.2) is 5.11 Å². The minimum Gasteiger partial charge on any atom is -0.351 e. The molecule has 150 valence electrons. The zero-order valence-electron chi connectivity index (χ0n) is 17.4. The van der Waals surface area contributed by atoms with Gasteiger partial charge < -0.3 is 14.8 Å². The Labute approximate surface area is 178 Å². The molecule has 0 spiro atoms. The second kappa shape index (κ2) is 7.99. The van der Waals surface area contributed by atoms with Crippen molar-refractivity contribution in [3.05, 3.63) is 83.9 Å². The SMILES string of the molecule is CC(C)c1ccc(N2C(=S)N[C@@H](c3ccccn3)[C@H]2c2cccn2C(C)C)cc1. The zero-order chi connectivity index (χ0) is 20.5. The maximum atomic E-state index is 5.82. The highest BCUT2D eigenvalue weighted by atomic mass is 32.1. The molecule has 1 saturated heterocycles. The van der Waals surface area contributed by atoms with E-state index in [2.05, 4.69) is 96.1 Å². The number of anilines is 1. The number of nitrogens with zero attached hydrogens (tertiary/aromatic N) is 3. The van der Waals surface area contributed by atoms with E-state index in [1.807, 2.05) is 18.3 Å².